The van der Waals surface area contributed by atoms with Crippen LogP contribution in [0.3, 0.4) is 0 Å². The van der Waals surface area contributed by atoms with Crippen LogP contribution in [-0.4, -0.2) is 47.2 Å². The van der Waals surface area contributed by atoms with Gasteiger partial charge in [0.2, 0.25) is 5.89 Å². The molecule has 3 rings (SSSR count). The molecule has 1 saturated carbocycles. The van der Waals surface area contributed by atoms with E-state index in [0.717, 1.165) is 44.3 Å². The average Bonchev–Trinajstić information content (AvgIpc) is 2.93. The van der Waals surface area contributed by atoms with E-state index in [-0.39, 0.29) is 24.0 Å². The van der Waals surface area contributed by atoms with Gasteiger partial charge < -0.3 is 14.7 Å². The lowest BCUT2D eigenvalue weighted by molar-refractivity contribution is 0.115. The fourth-order valence-electron chi connectivity index (χ4n) is 4.56. The van der Waals surface area contributed by atoms with E-state index in [2.05, 4.69) is 27.3 Å². The number of rotatable bonds is 5. The minimum absolute atomic E-state index is 0. The Hall–Kier alpha value is -0.860. The van der Waals surface area contributed by atoms with Crippen molar-refractivity contribution in [2.75, 3.05) is 26.2 Å². The van der Waals surface area contributed by atoms with Crippen LogP contribution in [-0.2, 0) is 6.42 Å². The maximum Gasteiger partial charge on any atom is 0.226 e. The number of hydrogen-bond donors (Lipinski definition) is 1. The van der Waals surface area contributed by atoms with E-state index in [1.54, 1.807) is 0 Å². The van der Waals surface area contributed by atoms with Crippen molar-refractivity contribution in [2.45, 2.75) is 78.1 Å². The monoisotopic (exact) mass is 489 g/mol. The topological polar surface area (TPSA) is 66.5 Å². The maximum atomic E-state index is 5.19. The third-order valence-electron chi connectivity index (χ3n) is 5.84. The highest BCUT2D eigenvalue weighted by Crippen LogP contribution is 2.42. The van der Waals surface area contributed by atoms with Gasteiger partial charge in [0.05, 0.1) is 0 Å². The molecule has 0 amide bonds. The molecular formula is C20H36IN5O. The van der Waals surface area contributed by atoms with Crippen LogP contribution >= 0.6 is 24.0 Å². The van der Waals surface area contributed by atoms with E-state index in [0.29, 0.717) is 11.2 Å². The van der Waals surface area contributed by atoms with Crippen LogP contribution in [0.4, 0.5) is 0 Å². The van der Waals surface area contributed by atoms with Gasteiger partial charge in [-0.3, -0.25) is 4.99 Å². The number of aromatic nitrogens is 2. The Morgan fingerprint density at radius 2 is 1.93 bits per heavy atom. The van der Waals surface area contributed by atoms with Crippen LogP contribution in [0.25, 0.3) is 0 Å². The maximum absolute atomic E-state index is 5.19. The Balaban J connectivity index is 0.00000261. The number of hydrogen-bond acceptors (Lipinski definition) is 4. The first-order chi connectivity index (χ1) is 12.7. The molecule has 2 aliphatic rings. The Bertz CT molecular complexity index is 581. The van der Waals surface area contributed by atoms with E-state index >= 15 is 0 Å². The van der Waals surface area contributed by atoms with E-state index in [1.165, 1.54) is 57.9 Å². The molecule has 2 heterocycles. The summed E-state index contributed by atoms with van der Waals surface area (Å²) in [5.74, 6) is 2.52. The summed E-state index contributed by atoms with van der Waals surface area (Å²) in [4.78, 5) is 11.7. The number of aryl methyl sites for hydroxylation is 2. The van der Waals surface area contributed by atoms with Crippen molar-refractivity contribution in [3.63, 3.8) is 0 Å². The second-order valence-electron chi connectivity index (χ2n) is 8.01. The standard InChI is InChI=1S/C20H35N5O.HI/c1-3-21-19(22-14-8-10-18-23-17(2)24-26-18)25-15-9-13-20(16-25)11-6-4-5-7-12-20;/h3-16H2,1-2H3,(H,21,22);1H. The van der Waals surface area contributed by atoms with Crippen molar-refractivity contribution >= 4 is 29.9 Å². The van der Waals surface area contributed by atoms with Gasteiger partial charge >= 0.3 is 0 Å². The molecule has 1 spiro atoms. The van der Waals surface area contributed by atoms with E-state index in [9.17, 15) is 0 Å². The van der Waals surface area contributed by atoms with Gasteiger partial charge in [0.15, 0.2) is 11.8 Å². The fraction of sp³-hybridized carbons (Fsp3) is 0.850. The zero-order chi connectivity index (χ0) is 18.2. The van der Waals surface area contributed by atoms with Gasteiger partial charge in [-0.25, -0.2) is 0 Å². The smallest absolute Gasteiger partial charge is 0.226 e. The molecule has 0 unspecified atom stereocenters. The quantitative estimate of drug-likeness (QED) is 0.289. The van der Waals surface area contributed by atoms with Gasteiger partial charge in [0, 0.05) is 32.6 Å². The molecule has 1 aromatic heterocycles. The molecule has 2 fully saturated rings. The number of guanidine groups is 1. The molecule has 1 aliphatic heterocycles. The van der Waals surface area contributed by atoms with Crippen molar-refractivity contribution in [2.24, 2.45) is 10.4 Å². The first kappa shape index (κ1) is 22.4. The van der Waals surface area contributed by atoms with Crippen LogP contribution in [0.5, 0.6) is 0 Å². The Labute approximate surface area is 181 Å². The highest BCUT2D eigenvalue weighted by Gasteiger charge is 2.36. The molecule has 0 bridgehead atoms. The van der Waals surface area contributed by atoms with Crippen LogP contribution in [0.1, 0.15) is 76.4 Å². The number of likely N-dealkylation sites (tertiary alicyclic amines) is 1. The molecule has 0 aromatic carbocycles. The zero-order valence-electron chi connectivity index (χ0n) is 17.0. The number of aliphatic imine (C=N–C) groups is 1. The van der Waals surface area contributed by atoms with Crippen molar-refractivity contribution in [3.05, 3.63) is 11.7 Å². The molecule has 1 N–H and O–H groups in total. The van der Waals surface area contributed by atoms with Crippen LogP contribution in [0, 0.1) is 12.3 Å². The van der Waals surface area contributed by atoms with Crippen molar-refractivity contribution in [1.82, 2.24) is 20.4 Å². The first-order valence-electron chi connectivity index (χ1n) is 10.5. The third kappa shape index (κ3) is 6.61. The lowest BCUT2D eigenvalue weighted by Crippen LogP contribution is -2.50. The highest BCUT2D eigenvalue weighted by molar-refractivity contribution is 14.0. The van der Waals surface area contributed by atoms with E-state index in [4.69, 9.17) is 9.52 Å². The van der Waals surface area contributed by atoms with E-state index < -0.39 is 0 Å². The van der Waals surface area contributed by atoms with Crippen molar-refractivity contribution < 1.29 is 4.52 Å². The van der Waals surface area contributed by atoms with Gasteiger partial charge in [-0.05, 0) is 51.4 Å². The summed E-state index contributed by atoms with van der Waals surface area (Å²) in [5, 5.41) is 7.36. The summed E-state index contributed by atoms with van der Waals surface area (Å²) in [7, 11) is 0. The van der Waals surface area contributed by atoms with E-state index in [1.807, 2.05) is 6.92 Å². The van der Waals surface area contributed by atoms with Crippen LogP contribution in [0.2, 0.25) is 0 Å². The van der Waals surface area contributed by atoms with Gasteiger partial charge in [0.25, 0.3) is 0 Å². The van der Waals surface area contributed by atoms with Gasteiger partial charge in [0.1, 0.15) is 0 Å². The van der Waals surface area contributed by atoms with Crippen LogP contribution in [0.15, 0.2) is 9.52 Å². The number of nitrogens with zero attached hydrogens (tertiary/aromatic N) is 4. The minimum Gasteiger partial charge on any atom is -0.357 e. The van der Waals surface area contributed by atoms with Crippen LogP contribution < -0.4 is 5.32 Å². The number of piperidine rings is 1. The van der Waals surface area contributed by atoms with Crippen molar-refractivity contribution in [1.29, 1.82) is 0 Å². The normalized spacial score (nSPS) is 20.2. The van der Waals surface area contributed by atoms with Gasteiger partial charge in [-0.2, -0.15) is 4.98 Å². The average molecular weight is 489 g/mol. The minimum atomic E-state index is 0. The van der Waals surface area contributed by atoms with Gasteiger partial charge in [-0.15, -0.1) is 24.0 Å². The summed E-state index contributed by atoms with van der Waals surface area (Å²) in [6.45, 7) is 8.05. The molecule has 0 atom stereocenters. The van der Waals surface area contributed by atoms with Gasteiger partial charge in [-0.1, -0.05) is 30.8 Å². The summed E-state index contributed by atoms with van der Waals surface area (Å²) in [6.07, 6.45) is 12.9. The summed E-state index contributed by atoms with van der Waals surface area (Å²) >= 11 is 0. The molecule has 154 valence electrons. The molecule has 1 saturated heterocycles. The first-order valence-corrected chi connectivity index (χ1v) is 10.5. The lowest BCUT2D eigenvalue weighted by atomic mass is 9.74. The lowest BCUT2D eigenvalue weighted by Gasteiger charge is -2.44. The Morgan fingerprint density at radius 3 is 2.59 bits per heavy atom. The third-order valence-corrected chi connectivity index (χ3v) is 5.84. The highest BCUT2D eigenvalue weighted by atomic mass is 127. The summed E-state index contributed by atoms with van der Waals surface area (Å²) in [6, 6.07) is 0. The predicted octanol–water partition coefficient (Wildman–Crippen LogP) is 4.33. The second kappa shape index (κ2) is 11.2. The molecule has 7 heteroatoms. The number of nitrogens with one attached hydrogen (secondary N) is 1. The predicted molar refractivity (Wildman–Crippen MR) is 120 cm³/mol. The molecule has 0 radical (unpaired) electrons. The largest absolute Gasteiger partial charge is 0.357 e. The Kier molecular flexibility index (Phi) is 9.32. The molecule has 27 heavy (non-hydrogen) atoms. The molecule has 1 aromatic rings. The SMILES string of the molecule is CCNC(=NCCCc1nc(C)no1)N1CCCC2(CCCCCC2)C1.I. The molecule has 6 nitrogen and oxygen atoms in total. The fourth-order valence-corrected chi connectivity index (χ4v) is 4.56. The summed E-state index contributed by atoms with van der Waals surface area (Å²) < 4.78 is 5.19. The molecular weight excluding hydrogens is 453 g/mol. The second-order valence-corrected chi connectivity index (χ2v) is 8.01. The Morgan fingerprint density at radius 1 is 1.19 bits per heavy atom. The summed E-state index contributed by atoms with van der Waals surface area (Å²) in [5.41, 5.74) is 0.534. The number of halogens is 1. The zero-order valence-corrected chi connectivity index (χ0v) is 19.3. The molecule has 1 aliphatic carbocycles. The van der Waals surface area contributed by atoms with Crippen molar-refractivity contribution in [3.8, 4) is 0 Å².